The first-order chi connectivity index (χ1) is 7.62. The molecule has 17 heavy (non-hydrogen) atoms. The standard InChI is InChI=1S/C15H29NO/c1-13(2,3)12-7-15(11-17-8-12)9-16(10-15)14(4,5)6/h12H,7-11H2,1-6H3. The van der Waals surface area contributed by atoms with Gasteiger partial charge in [0.2, 0.25) is 0 Å². The van der Waals surface area contributed by atoms with E-state index in [0.29, 0.717) is 16.4 Å². The van der Waals surface area contributed by atoms with Gasteiger partial charge in [-0.3, -0.25) is 4.90 Å². The molecule has 1 unspecified atom stereocenters. The second-order valence-corrected chi connectivity index (χ2v) is 8.31. The average Bonchev–Trinajstić information content (AvgIpc) is 2.11. The van der Waals surface area contributed by atoms with Gasteiger partial charge in [0.05, 0.1) is 6.61 Å². The molecule has 0 aliphatic carbocycles. The van der Waals surface area contributed by atoms with E-state index in [1.807, 2.05) is 0 Å². The highest BCUT2D eigenvalue weighted by Crippen LogP contribution is 2.47. The Hall–Kier alpha value is -0.0800. The number of hydrogen-bond donors (Lipinski definition) is 0. The van der Waals surface area contributed by atoms with Gasteiger partial charge in [-0.2, -0.15) is 0 Å². The molecule has 0 saturated carbocycles. The maximum Gasteiger partial charge on any atom is 0.0547 e. The summed E-state index contributed by atoms with van der Waals surface area (Å²) in [5, 5.41) is 0. The lowest BCUT2D eigenvalue weighted by molar-refractivity contribution is -0.160. The van der Waals surface area contributed by atoms with E-state index < -0.39 is 0 Å². The predicted molar refractivity (Wildman–Crippen MR) is 72.1 cm³/mol. The normalized spacial score (nSPS) is 30.4. The fourth-order valence-electron chi connectivity index (χ4n) is 3.07. The first-order valence-corrected chi connectivity index (χ1v) is 6.95. The van der Waals surface area contributed by atoms with Gasteiger partial charge in [0.15, 0.2) is 0 Å². The molecule has 2 nitrogen and oxygen atoms in total. The lowest BCUT2D eigenvalue weighted by atomic mass is 9.65. The summed E-state index contributed by atoms with van der Waals surface area (Å²) in [6, 6.07) is 0. The molecule has 2 heterocycles. The van der Waals surface area contributed by atoms with Crippen molar-refractivity contribution in [3.63, 3.8) is 0 Å². The van der Waals surface area contributed by atoms with Crippen LogP contribution >= 0.6 is 0 Å². The molecule has 100 valence electrons. The Morgan fingerprint density at radius 1 is 1.06 bits per heavy atom. The van der Waals surface area contributed by atoms with Gasteiger partial charge in [0.1, 0.15) is 0 Å². The summed E-state index contributed by atoms with van der Waals surface area (Å²) < 4.78 is 5.90. The monoisotopic (exact) mass is 239 g/mol. The van der Waals surface area contributed by atoms with Crippen LogP contribution in [0.3, 0.4) is 0 Å². The Morgan fingerprint density at radius 2 is 1.65 bits per heavy atom. The van der Waals surface area contributed by atoms with Crippen LogP contribution in [-0.4, -0.2) is 36.7 Å². The van der Waals surface area contributed by atoms with E-state index in [0.717, 1.165) is 19.1 Å². The van der Waals surface area contributed by atoms with Crippen LogP contribution in [0.15, 0.2) is 0 Å². The van der Waals surface area contributed by atoms with E-state index in [-0.39, 0.29) is 0 Å². The van der Waals surface area contributed by atoms with Crippen LogP contribution in [0.1, 0.15) is 48.0 Å². The van der Waals surface area contributed by atoms with Crippen LogP contribution in [0.2, 0.25) is 0 Å². The summed E-state index contributed by atoms with van der Waals surface area (Å²) in [6.07, 6.45) is 1.35. The van der Waals surface area contributed by atoms with Gasteiger partial charge in [0, 0.05) is 30.7 Å². The number of ether oxygens (including phenoxy) is 1. The Morgan fingerprint density at radius 3 is 2.12 bits per heavy atom. The summed E-state index contributed by atoms with van der Waals surface area (Å²) in [4.78, 5) is 2.58. The van der Waals surface area contributed by atoms with Crippen molar-refractivity contribution in [1.82, 2.24) is 4.90 Å². The van der Waals surface area contributed by atoms with Crippen molar-refractivity contribution in [2.24, 2.45) is 16.7 Å². The number of rotatable bonds is 0. The van der Waals surface area contributed by atoms with Crippen molar-refractivity contribution in [2.45, 2.75) is 53.5 Å². The molecule has 0 aromatic heterocycles. The number of nitrogens with zero attached hydrogens (tertiary/aromatic N) is 1. The van der Waals surface area contributed by atoms with E-state index in [1.165, 1.54) is 19.5 Å². The second-order valence-electron chi connectivity index (χ2n) is 8.31. The van der Waals surface area contributed by atoms with Crippen molar-refractivity contribution in [1.29, 1.82) is 0 Å². The molecule has 2 saturated heterocycles. The van der Waals surface area contributed by atoms with Crippen LogP contribution in [0, 0.1) is 16.7 Å². The van der Waals surface area contributed by atoms with Gasteiger partial charge < -0.3 is 4.74 Å². The van der Waals surface area contributed by atoms with Gasteiger partial charge in [-0.1, -0.05) is 20.8 Å². The van der Waals surface area contributed by atoms with Gasteiger partial charge in [-0.25, -0.2) is 0 Å². The van der Waals surface area contributed by atoms with Crippen molar-refractivity contribution < 1.29 is 4.74 Å². The maximum atomic E-state index is 5.90. The van der Waals surface area contributed by atoms with Crippen LogP contribution in [0.5, 0.6) is 0 Å². The van der Waals surface area contributed by atoms with E-state index >= 15 is 0 Å². The van der Waals surface area contributed by atoms with Crippen LogP contribution in [-0.2, 0) is 4.74 Å². The fraction of sp³-hybridized carbons (Fsp3) is 1.00. The van der Waals surface area contributed by atoms with E-state index in [4.69, 9.17) is 4.74 Å². The average molecular weight is 239 g/mol. The van der Waals surface area contributed by atoms with E-state index in [9.17, 15) is 0 Å². The highest BCUT2D eigenvalue weighted by molar-refractivity contribution is 5.02. The highest BCUT2D eigenvalue weighted by Gasteiger charge is 2.50. The molecule has 0 aromatic rings. The molecule has 0 aromatic carbocycles. The van der Waals surface area contributed by atoms with Crippen molar-refractivity contribution >= 4 is 0 Å². The number of hydrogen-bond acceptors (Lipinski definition) is 2. The summed E-state index contributed by atoms with van der Waals surface area (Å²) >= 11 is 0. The first-order valence-electron chi connectivity index (χ1n) is 6.95. The molecular formula is C15H29NO. The molecule has 2 fully saturated rings. The molecule has 0 amide bonds. The fourth-order valence-corrected chi connectivity index (χ4v) is 3.07. The minimum atomic E-state index is 0.319. The third kappa shape index (κ3) is 2.68. The van der Waals surface area contributed by atoms with E-state index in [2.05, 4.69) is 46.4 Å². The minimum Gasteiger partial charge on any atom is -0.380 e. The zero-order valence-electron chi connectivity index (χ0n) is 12.5. The molecule has 2 aliphatic rings. The largest absolute Gasteiger partial charge is 0.380 e. The zero-order valence-corrected chi connectivity index (χ0v) is 12.5. The predicted octanol–water partition coefficient (Wildman–Crippen LogP) is 3.17. The molecule has 0 N–H and O–H groups in total. The van der Waals surface area contributed by atoms with E-state index in [1.54, 1.807) is 0 Å². The van der Waals surface area contributed by atoms with Crippen molar-refractivity contribution in [3.8, 4) is 0 Å². The van der Waals surface area contributed by atoms with Gasteiger partial charge in [-0.05, 0) is 38.5 Å². The first kappa shape index (κ1) is 13.4. The van der Waals surface area contributed by atoms with Crippen LogP contribution in [0.25, 0.3) is 0 Å². The Labute approximate surface area is 107 Å². The molecular weight excluding hydrogens is 210 g/mol. The lowest BCUT2D eigenvalue weighted by Crippen LogP contribution is -2.66. The summed E-state index contributed by atoms with van der Waals surface area (Å²) in [5.74, 6) is 0.721. The molecule has 2 heteroatoms. The summed E-state index contributed by atoms with van der Waals surface area (Å²) in [7, 11) is 0. The third-order valence-electron chi connectivity index (χ3n) is 4.63. The minimum absolute atomic E-state index is 0.319. The molecule has 0 bridgehead atoms. The zero-order chi connectivity index (χ0) is 12.9. The lowest BCUT2D eigenvalue weighted by Gasteiger charge is -2.59. The van der Waals surface area contributed by atoms with Crippen molar-refractivity contribution in [2.75, 3.05) is 26.3 Å². The SMILES string of the molecule is CC(C)(C)C1COCC2(C1)CN(C(C)(C)C)C2. The van der Waals surface area contributed by atoms with Gasteiger partial charge in [-0.15, -0.1) is 0 Å². The molecule has 0 radical (unpaired) electrons. The molecule has 2 aliphatic heterocycles. The number of likely N-dealkylation sites (tertiary alicyclic amines) is 1. The quantitative estimate of drug-likeness (QED) is 0.644. The second kappa shape index (κ2) is 3.96. The Balaban J connectivity index is 1.96. The summed E-state index contributed by atoms with van der Waals surface area (Å²) in [5.41, 5.74) is 1.17. The van der Waals surface area contributed by atoms with Gasteiger partial charge in [0.25, 0.3) is 0 Å². The molecule has 2 rings (SSSR count). The van der Waals surface area contributed by atoms with Crippen LogP contribution < -0.4 is 0 Å². The summed E-state index contributed by atoms with van der Waals surface area (Å²) in [6.45, 7) is 18.4. The Kier molecular flexibility index (Phi) is 3.11. The molecule has 1 atom stereocenters. The van der Waals surface area contributed by atoms with Crippen LogP contribution in [0.4, 0.5) is 0 Å². The van der Waals surface area contributed by atoms with Gasteiger partial charge >= 0.3 is 0 Å². The Bertz CT molecular complexity index is 278. The molecule has 1 spiro atoms. The smallest absolute Gasteiger partial charge is 0.0547 e. The third-order valence-corrected chi connectivity index (χ3v) is 4.63. The highest BCUT2D eigenvalue weighted by atomic mass is 16.5. The topological polar surface area (TPSA) is 12.5 Å². The van der Waals surface area contributed by atoms with Crippen molar-refractivity contribution in [3.05, 3.63) is 0 Å². The maximum absolute atomic E-state index is 5.90.